The molecule has 2 aromatic rings. The van der Waals surface area contributed by atoms with Crippen molar-refractivity contribution >= 4 is 15.9 Å². The van der Waals surface area contributed by atoms with Crippen LogP contribution >= 0.6 is 0 Å². The van der Waals surface area contributed by atoms with Crippen molar-refractivity contribution in [2.24, 2.45) is 11.3 Å². The molecule has 172 valence electrons. The highest BCUT2D eigenvalue weighted by molar-refractivity contribution is 7.86. The summed E-state index contributed by atoms with van der Waals surface area (Å²) >= 11 is 0. The summed E-state index contributed by atoms with van der Waals surface area (Å²) in [5.41, 5.74) is 1.74. The van der Waals surface area contributed by atoms with Gasteiger partial charge in [0.05, 0.1) is 25.2 Å². The van der Waals surface area contributed by atoms with Crippen LogP contribution in [0.15, 0.2) is 53.4 Å². The number of Topliss-reactive ketones (excluding diaryl/α,β-unsaturated/α-hetero) is 1. The van der Waals surface area contributed by atoms with E-state index in [1.807, 2.05) is 31.2 Å². The Morgan fingerprint density at radius 3 is 2.47 bits per heavy atom. The van der Waals surface area contributed by atoms with Crippen LogP contribution in [0.2, 0.25) is 0 Å². The number of ether oxygens (including phenoxy) is 2. The van der Waals surface area contributed by atoms with Crippen molar-refractivity contribution < 1.29 is 26.9 Å². The maximum absolute atomic E-state index is 12.8. The van der Waals surface area contributed by atoms with Crippen molar-refractivity contribution in [1.29, 1.82) is 0 Å². The molecule has 2 fully saturated rings. The molecule has 0 heterocycles. The highest BCUT2D eigenvalue weighted by Gasteiger charge is 2.52. The number of methoxy groups -OCH3 is 1. The van der Waals surface area contributed by atoms with E-state index in [0.29, 0.717) is 19.4 Å². The van der Waals surface area contributed by atoms with Crippen molar-refractivity contribution in [2.75, 3.05) is 13.7 Å². The van der Waals surface area contributed by atoms with Crippen LogP contribution < -0.4 is 4.74 Å². The lowest BCUT2D eigenvalue weighted by molar-refractivity contribution is -0.128. The summed E-state index contributed by atoms with van der Waals surface area (Å²) < 4.78 is 41.8. The van der Waals surface area contributed by atoms with Crippen LogP contribution in [0.25, 0.3) is 0 Å². The number of rotatable bonds is 8. The SMILES string of the molecule is COc1ccc(COC2CC3(CCCC3COS(=O)(=O)c3ccc(C)cc3)CC2=O)cc1. The van der Waals surface area contributed by atoms with Gasteiger partial charge in [0.1, 0.15) is 11.9 Å². The largest absolute Gasteiger partial charge is 0.497 e. The molecule has 6 nitrogen and oxygen atoms in total. The van der Waals surface area contributed by atoms with Gasteiger partial charge in [-0.15, -0.1) is 0 Å². The summed E-state index contributed by atoms with van der Waals surface area (Å²) in [6, 6.07) is 14.2. The Hall–Kier alpha value is -2.22. The smallest absolute Gasteiger partial charge is 0.296 e. The van der Waals surface area contributed by atoms with Gasteiger partial charge in [-0.3, -0.25) is 8.98 Å². The molecular formula is C25H30O6S. The maximum Gasteiger partial charge on any atom is 0.296 e. The van der Waals surface area contributed by atoms with E-state index in [2.05, 4.69) is 0 Å². The Morgan fingerprint density at radius 1 is 1.06 bits per heavy atom. The predicted molar refractivity (Wildman–Crippen MR) is 120 cm³/mol. The second-order valence-electron chi connectivity index (χ2n) is 9.00. The first-order chi connectivity index (χ1) is 15.3. The van der Waals surface area contributed by atoms with E-state index in [1.165, 1.54) is 0 Å². The number of hydrogen-bond donors (Lipinski definition) is 0. The molecule has 7 heteroatoms. The summed E-state index contributed by atoms with van der Waals surface area (Å²) in [4.78, 5) is 12.9. The molecule has 0 N–H and O–H groups in total. The fourth-order valence-electron chi connectivity index (χ4n) is 5.00. The maximum atomic E-state index is 12.8. The second kappa shape index (κ2) is 9.33. The summed E-state index contributed by atoms with van der Waals surface area (Å²) in [7, 11) is -2.20. The highest BCUT2D eigenvalue weighted by atomic mass is 32.2. The Kier molecular flexibility index (Phi) is 6.70. The average molecular weight is 459 g/mol. The Balaban J connectivity index is 1.37. The van der Waals surface area contributed by atoms with Gasteiger partial charge in [0.25, 0.3) is 10.1 Å². The summed E-state index contributed by atoms with van der Waals surface area (Å²) in [6.07, 6.45) is 3.34. The van der Waals surface area contributed by atoms with E-state index in [-0.39, 0.29) is 28.6 Å². The van der Waals surface area contributed by atoms with Crippen molar-refractivity contribution in [3.8, 4) is 5.75 Å². The predicted octanol–water partition coefficient (Wildman–Crippen LogP) is 4.44. The van der Waals surface area contributed by atoms with Crippen LogP contribution in [-0.2, 0) is 30.4 Å². The van der Waals surface area contributed by atoms with Gasteiger partial charge in [-0.25, -0.2) is 0 Å². The van der Waals surface area contributed by atoms with Crippen molar-refractivity contribution in [1.82, 2.24) is 0 Å². The lowest BCUT2D eigenvalue weighted by atomic mass is 9.76. The summed E-state index contributed by atoms with van der Waals surface area (Å²) in [5.74, 6) is 0.909. The van der Waals surface area contributed by atoms with Gasteiger partial charge in [0.15, 0.2) is 5.78 Å². The van der Waals surface area contributed by atoms with Crippen LogP contribution in [0.5, 0.6) is 5.75 Å². The molecule has 2 aliphatic carbocycles. The van der Waals surface area contributed by atoms with E-state index < -0.39 is 16.2 Å². The van der Waals surface area contributed by atoms with E-state index in [0.717, 1.165) is 36.1 Å². The minimum absolute atomic E-state index is 0.0289. The molecule has 0 radical (unpaired) electrons. The highest BCUT2D eigenvalue weighted by Crippen LogP contribution is 2.54. The van der Waals surface area contributed by atoms with E-state index in [1.54, 1.807) is 31.4 Å². The zero-order valence-electron chi connectivity index (χ0n) is 18.6. The normalized spacial score (nSPS) is 25.5. The lowest BCUT2D eigenvalue weighted by Gasteiger charge is -2.30. The molecule has 0 aromatic heterocycles. The van der Waals surface area contributed by atoms with Gasteiger partial charge in [-0.1, -0.05) is 36.2 Å². The Labute approximate surface area is 190 Å². The molecule has 1 spiro atoms. The van der Waals surface area contributed by atoms with Crippen molar-refractivity contribution in [3.05, 3.63) is 59.7 Å². The second-order valence-corrected chi connectivity index (χ2v) is 10.6. The monoisotopic (exact) mass is 458 g/mol. The average Bonchev–Trinajstić information content (AvgIpc) is 3.33. The molecule has 0 aliphatic heterocycles. The molecule has 0 saturated heterocycles. The number of carbonyl (C=O) groups excluding carboxylic acids is 1. The zero-order chi connectivity index (χ0) is 22.8. The van der Waals surface area contributed by atoms with Gasteiger partial charge < -0.3 is 9.47 Å². The molecule has 2 saturated carbocycles. The minimum atomic E-state index is -3.82. The van der Waals surface area contributed by atoms with Gasteiger partial charge >= 0.3 is 0 Å². The number of ketones is 1. The van der Waals surface area contributed by atoms with E-state index in [4.69, 9.17) is 13.7 Å². The number of benzene rings is 2. The molecule has 2 aliphatic rings. The topological polar surface area (TPSA) is 78.9 Å². The van der Waals surface area contributed by atoms with Gasteiger partial charge in [-0.05, 0) is 67.3 Å². The van der Waals surface area contributed by atoms with Gasteiger partial charge in [-0.2, -0.15) is 8.42 Å². The van der Waals surface area contributed by atoms with Crippen LogP contribution in [0.3, 0.4) is 0 Å². The van der Waals surface area contributed by atoms with Crippen LogP contribution in [0.1, 0.15) is 43.2 Å². The Morgan fingerprint density at radius 2 is 1.78 bits per heavy atom. The third-order valence-corrected chi connectivity index (χ3v) is 8.21. The molecule has 2 aromatic carbocycles. The zero-order valence-corrected chi connectivity index (χ0v) is 19.4. The van der Waals surface area contributed by atoms with Gasteiger partial charge in [0.2, 0.25) is 0 Å². The fourth-order valence-corrected chi connectivity index (χ4v) is 5.95. The quantitative estimate of drug-likeness (QED) is 0.544. The molecule has 0 amide bonds. The van der Waals surface area contributed by atoms with Crippen molar-refractivity contribution in [3.63, 3.8) is 0 Å². The Bertz CT molecular complexity index is 1040. The van der Waals surface area contributed by atoms with Crippen LogP contribution in [0.4, 0.5) is 0 Å². The third kappa shape index (κ3) is 4.90. The first-order valence-electron chi connectivity index (χ1n) is 11.0. The lowest BCUT2D eigenvalue weighted by Crippen LogP contribution is -2.28. The number of aryl methyl sites for hydroxylation is 1. The molecule has 4 rings (SSSR count). The fraction of sp³-hybridized carbons (Fsp3) is 0.480. The summed E-state index contributed by atoms with van der Waals surface area (Å²) in [6.45, 7) is 2.37. The molecule has 0 bridgehead atoms. The third-order valence-electron chi connectivity index (χ3n) is 6.91. The summed E-state index contributed by atoms with van der Waals surface area (Å²) in [5, 5.41) is 0. The van der Waals surface area contributed by atoms with Crippen LogP contribution in [-0.4, -0.2) is 34.0 Å². The number of carbonyl (C=O) groups is 1. The minimum Gasteiger partial charge on any atom is -0.497 e. The van der Waals surface area contributed by atoms with E-state index >= 15 is 0 Å². The number of hydrogen-bond acceptors (Lipinski definition) is 6. The first kappa shape index (κ1) is 23.0. The molecule has 32 heavy (non-hydrogen) atoms. The van der Waals surface area contributed by atoms with Crippen molar-refractivity contribution in [2.45, 2.75) is 56.6 Å². The molecule has 3 atom stereocenters. The molecular weight excluding hydrogens is 428 g/mol. The first-order valence-corrected chi connectivity index (χ1v) is 12.5. The molecule has 3 unspecified atom stereocenters. The standard InChI is InChI=1S/C25H30O6S/c1-18-5-11-22(12-6-18)32(27,28)31-17-20-4-3-13-25(20)14-23(26)24(15-25)30-16-19-7-9-21(29-2)10-8-19/h5-12,20,24H,3-4,13-17H2,1-2H3. The van der Waals surface area contributed by atoms with Gasteiger partial charge in [0, 0.05) is 6.42 Å². The van der Waals surface area contributed by atoms with Crippen LogP contribution in [0, 0.1) is 18.3 Å². The van der Waals surface area contributed by atoms with E-state index in [9.17, 15) is 13.2 Å².